The lowest BCUT2D eigenvalue weighted by atomic mass is 10.1. The third kappa shape index (κ3) is 3.24. The van der Waals surface area contributed by atoms with Gasteiger partial charge in [-0.1, -0.05) is 0 Å². The molecule has 3 rings (SSSR count). The van der Waals surface area contributed by atoms with Crippen LogP contribution < -0.4 is 9.64 Å². The molecule has 0 bridgehead atoms. The lowest BCUT2D eigenvalue weighted by Crippen LogP contribution is -2.24. The van der Waals surface area contributed by atoms with Gasteiger partial charge in [0, 0.05) is 35.9 Å². The summed E-state index contributed by atoms with van der Waals surface area (Å²) < 4.78 is 7.19. The monoisotopic (exact) mass is 340 g/mol. The average Bonchev–Trinajstić information content (AvgIpc) is 3.14. The second kappa shape index (κ2) is 7.01. The first-order valence-corrected chi connectivity index (χ1v) is 8.48. The van der Waals surface area contributed by atoms with Gasteiger partial charge in [-0.3, -0.25) is 9.48 Å². The summed E-state index contributed by atoms with van der Waals surface area (Å²) in [6.07, 6.45) is 3.57. The number of amides is 1. The molecule has 0 aliphatic heterocycles. The molecule has 132 valence electrons. The molecular weight excluding hydrogens is 316 g/mol. The first-order chi connectivity index (χ1) is 12.1. The van der Waals surface area contributed by atoms with E-state index in [9.17, 15) is 4.79 Å². The van der Waals surface area contributed by atoms with Crippen LogP contribution in [0.4, 0.5) is 5.69 Å². The van der Waals surface area contributed by atoms with Crippen LogP contribution in [0.25, 0.3) is 10.9 Å². The van der Waals surface area contributed by atoms with Crippen molar-refractivity contribution in [3.63, 3.8) is 0 Å². The topological polar surface area (TPSA) is 63.2 Å². The van der Waals surface area contributed by atoms with Crippen molar-refractivity contribution in [1.29, 1.82) is 0 Å². The summed E-state index contributed by atoms with van der Waals surface area (Å²) in [5, 5.41) is 5.57. The average molecular weight is 340 g/mol. The number of aryl methyl sites for hydroxylation is 3. The standard InChI is InChI=1S/C19H24N4O2/c1-5-23-11-19(14(3)21-23)22(12-24)9-8-16-13(2)20-18-7-6-15(25-4)10-17(16)18/h6-7,10-12,20H,5,8-9H2,1-4H3. The molecule has 1 aromatic carbocycles. The third-order valence-corrected chi connectivity index (χ3v) is 4.61. The minimum absolute atomic E-state index is 0.602. The molecule has 25 heavy (non-hydrogen) atoms. The van der Waals surface area contributed by atoms with Gasteiger partial charge >= 0.3 is 0 Å². The number of hydrogen-bond acceptors (Lipinski definition) is 3. The van der Waals surface area contributed by atoms with Crippen molar-refractivity contribution in [2.45, 2.75) is 33.7 Å². The van der Waals surface area contributed by atoms with Crippen LogP contribution in [0.1, 0.15) is 23.9 Å². The van der Waals surface area contributed by atoms with Crippen LogP contribution in [0.2, 0.25) is 0 Å². The Labute approximate surface area is 147 Å². The Kier molecular flexibility index (Phi) is 4.79. The number of rotatable bonds is 7. The summed E-state index contributed by atoms with van der Waals surface area (Å²) in [7, 11) is 1.67. The fraction of sp³-hybridized carbons (Fsp3) is 0.368. The minimum Gasteiger partial charge on any atom is -0.497 e. The first-order valence-electron chi connectivity index (χ1n) is 8.48. The Balaban J connectivity index is 1.86. The van der Waals surface area contributed by atoms with Crippen molar-refractivity contribution in [2.24, 2.45) is 0 Å². The number of carbonyl (C=O) groups excluding carboxylic acids is 1. The minimum atomic E-state index is 0.602. The Bertz CT molecular complexity index is 894. The van der Waals surface area contributed by atoms with Crippen LogP contribution in [0.15, 0.2) is 24.4 Å². The summed E-state index contributed by atoms with van der Waals surface area (Å²) in [4.78, 5) is 16.8. The summed E-state index contributed by atoms with van der Waals surface area (Å²) in [6.45, 7) is 7.41. The molecule has 6 nitrogen and oxygen atoms in total. The van der Waals surface area contributed by atoms with Crippen LogP contribution in [0, 0.1) is 13.8 Å². The summed E-state index contributed by atoms with van der Waals surface area (Å²) in [5.41, 5.74) is 5.15. The maximum absolute atomic E-state index is 11.6. The number of aromatic amines is 1. The van der Waals surface area contributed by atoms with Crippen molar-refractivity contribution >= 4 is 23.0 Å². The van der Waals surface area contributed by atoms with E-state index < -0.39 is 0 Å². The first kappa shape index (κ1) is 17.1. The summed E-state index contributed by atoms with van der Waals surface area (Å²) in [6, 6.07) is 6.01. The van der Waals surface area contributed by atoms with Crippen molar-refractivity contribution in [1.82, 2.24) is 14.8 Å². The van der Waals surface area contributed by atoms with Crippen LogP contribution >= 0.6 is 0 Å². The Morgan fingerprint density at radius 3 is 2.80 bits per heavy atom. The molecule has 6 heteroatoms. The van der Waals surface area contributed by atoms with Gasteiger partial charge in [0.15, 0.2) is 0 Å². The number of ether oxygens (including phenoxy) is 1. The lowest BCUT2D eigenvalue weighted by Gasteiger charge is -2.16. The maximum atomic E-state index is 11.6. The molecule has 0 aliphatic rings. The largest absolute Gasteiger partial charge is 0.497 e. The zero-order valence-electron chi connectivity index (χ0n) is 15.2. The molecule has 0 spiro atoms. The van der Waals surface area contributed by atoms with E-state index in [0.29, 0.717) is 6.54 Å². The molecule has 0 unspecified atom stereocenters. The van der Waals surface area contributed by atoms with E-state index in [1.807, 2.05) is 42.9 Å². The van der Waals surface area contributed by atoms with E-state index in [-0.39, 0.29) is 0 Å². The number of H-pyrrole nitrogens is 1. The van der Waals surface area contributed by atoms with Gasteiger partial charge in [0.25, 0.3) is 0 Å². The highest BCUT2D eigenvalue weighted by atomic mass is 16.5. The van der Waals surface area contributed by atoms with Crippen LogP contribution in [-0.2, 0) is 17.8 Å². The van der Waals surface area contributed by atoms with Gasteiger partial charge < -0.3 is 14.6 Å². The zero-order chi connectivity index (χ0) is 18.0. The van der Waals surface area contributed by atoms with E-state index in [1.54, 1.807) is 12.0 Å². The third-order valence-electron chi connectivity index (χ3n) is 4.61. The number of nitrogens with zero attached hydrogens (tertiary/aromatic N) is 3. The molecule has 0 fully saturated rings. The van der Waals surface area contributed by atoms with Crippen molar-refractivity contribution < 1.29 is 9.53 Å². The Morgan fingerprint density at radius 2 is 2.16 bits per heavy atom. The van der Waals surface area contributed by atoms with Gasteiger partial charge in [-0.25, -0.2) is 0 Å². The summed E-state index contributed by atoms with van der Waals surface area (Å²) in [5.74, 6) is 0.833. The predicted octanol–water partition coefficient (Wildman–Crippen LogP) is 3.22. The molecule has 1 N–H and O–H groups in total. The van der Waals surface area contributed by atoms with Crippen molar-refractivity contribution in [2.75, 3.05) is 18.6 Å². The highest BCUT2D eigenvalue weighted by molar-refractivity contribution is 5.86. The molecular formula is C19H24N4O2. The lowest BCUT2D eigenvalue weighted by molar-refractivity contribution is -0.107. The van der Waals surface area contributed by atoms with E-state index >= 15 is 0 Å². The molecule has 2 aromatic heterocycles. The van der Waals surface area contributed by atoms with Crippen LogP contribution in [0.5, 0.6) is 5.75 Å². The van der Waals surface area contributed by atoms with Gasteiger partial charge in [-0.15, -0.1) is 0 Å². The molecule has 3 aromatic rings. The fourth-order valence-corrected chi connectivity index (χ4v) is 3.22. The number of aromatic nitrogens is 3. The van der Waals surface area contributed by atoms with E-state index in [4.69, 9.17) is 4.74 Å². The summed E-state index contributed by atoms with van der Waals surface area (Å²) >= 11 is 0. The van der Waals surface area contributed by atoms with Crippen LogP contribution in [0.3, 0.4) is 0 Å². The number of anilines is 1. The number of benzene rings is 1. The molecule has 2 heterocycles. The van der Waals surface area contributed by atoms with E-state index in [0.717, 1.165) is 53.1 Å². The molecule has 0 aliphatic carbocycles. The van der Waals surface area contributed by atoms with Gasteiger partial charge in [-0.05, 0) is 51.0 Å². The quantitative estimate of drug-likeness (QED) is 0.672. The SMILES string of the molecule is CCn1cc(N(C=O)CCc2c(C)[nH]c3ccc(OC)cc23)c(C)n1. The van der Waals surface area contributed by atoms with Crippen molar-refractivity contribution in [3.05, 3.63) is 41.3 Å². The number of hydrogen-bond donors (Lipinski definition) is 1. The van der Waals surface area contributed by atoms with Gasteiger partial charge in [0.1, 0.15) is 5.75 Å². The molecule has 0 radical (unpaired) electrons. The predicted molar refractivity (Wildman–Crippen MR) is 99.3 cm³/mol. The fourth-order valence-electron chi connectivity index (χ4n) is 3.22. The van der Waals surface area contributed by atoms with E-state index in [2.05, 4.69) is 17.0 Å². The highest BCUT2D eigenvalue weighted by Crippen LogP contribution is 2.27. The van der Waals surface area contributed by atoms with Gasteiger partial charge in [-0.2, -0.15) is 5.10 Å². The zero-order valence-corrected chi connectivity index (χ0v) is 15.2. The molecule has 0 saturated heterocycles. The Hall–Kier alpha value is -2.76. The van der Waals surface area contributed by atoms with Crippen LogP contribution in [-0.4, -0.2) is 34.8 Å². The number of carbonyl (C=O) groups is 1. The maximum Gasteiger partial charge on any atom is 0.214 e. The number of nitrogens with one attached hydrogen (secondary N) is 1. The van der Waals surface area contributed by atoms with E-state index in [1.165, 1.54) is 5.56 Å². The second-order valence-corrected chi connectivity index (χ2v) is 6.14. The van der Waals surface area contributed by atoms with Gasteiger partial charge in [0.2, 0.25) is 6.41 Å². The normalized spacial score (nSPS) is 11.0. The molecule has 0 atom stereocenters. The Morgan fingerprint density at radius 1 is 1.36 bits per heavy atom. The number of fused-ring (bicyclic) bond motifs is 1. The highest BCUT2D eigenvalue weighted by Gasteiger charge is 2.15. The number of methoxy groups -OCH3 is 1. The van der Waals surface area contributed by atoms with Gasteiger partial charge in [0.05, 0.1) is 18.5 Å². The smallest absolute Gasteiger partial charge is 0.214 e. The molecule has 1 amide bonds. The van der Waals surface area contributed by atoms with Crippen molar-refractivity contribution in [3.8, 4) is 5.75 Å². The molecule has 0 saturated carbocycles. The second-order valence-electron chi connectivity index (χ2n) is 6.14.